The van der Waals surface area contributed by atoms with E-state index in [0.29, 0.717) is 29.3 Å². The van der Waals surface area contributed by atoms with E-state index in [9.17, 15) is 5.11 Å². The number of hydrogen-bond acceptors (Lipinski definition) is 7. The molecule has 7 heteroatoms. The second-order valence-electron chi connectivity index (χ2n) is 5.13. The van der Waals surface area contributed by atoms with Gasteiger partial charge in [-0.05, 0) is 42.5 Å². The topological polar surface area (TPSA) is 105 Å². The number of aromatic nitrogens is 2. The summed E-state index contributed by atoms with van der Waals surface area (Å²) in [6.45, 7) is 2.73. The highest BCUT2D eigenvalue weighted by Gasteiger charge is 2.12. The normalized spacial score (nSPS) is 13.4. The third-order valence-electron chi connectivity index (χ3n) is 3.22. The van der Waals surface area contributed by atoms with Crippen LogP contribution < -0.4 is 10.5 Å². The Labute approximate surface area is 133 Å². The Balaban J connectivity index is 2.02. The molecule has 6 nitrogen and oxygen atoms in total. The summed E-state index contributed by atoms with van der Waals surface area (Å²) in [6, 6.07) is 9.33. The van der Waals surface area contributed by atoms with Gasteiger partial charge >= 0.3 is 0 Å². The first-order chi connectivity index (χ1) is 10.6. The van der Waals surface area contributed by atoms with Gasteiger partial charge in [-0.25, -0.2) is 0 Å². The van der Waals surface area contributed by atoms with Crippen molar-refractivity contribution in [3.8, 4) is 23.1 Å². The number of benzene rings is 1. The van der Waals surface area contributed by atoms with Crippen molar-refractivity contribution >= 4 is 11.5 Å². The van der Waals surface area contributed by atoms with Gasteiger partial charge in [0.25, 0.3) is 0 Å². The average molecular weight is 318 g/mol. The summed E-state index contributed by atoms with van der Waals surface area (Å²) >= 11 is 1.06. The molecule has 116 valence electrons. The Kier molecular flexibility index (Phi) is 5.83. The van der Waals surface area contributed by atoms with Gasteiger partial charge in [-0.3, -0.25) is 0 Å². The molecular formula is C15H18N4O2S. The van der Waals surface area contributed by atoms with Gasteiger partial charge in [-0.15, -0.1) is 5.10 Å². The molecule has 2 unspecified atom stereocenters. The molecule has 0 saturated heterocycles. The Hall–Kier alpha value is -2.01. The smallest absolute Gasteiger partial charge is 0.153 e. The minimum Gasteiger partial charge on any atom is -0.491 e. The summed E-state index contributed by atoms with van der Waals surface area (Å²) in [5.41, 5.74) is 6.86. The van der Waals surface area contributed by atoms with Crippen LogP contribution in [-0.4, -0.2) is 33.9 Å². The van der Waals surface area contributed by atoms with E-state index in [4.69, 9.17) is 15.7 Å². The summed E-state index contributed by atoms with van der Waals surface area (Å²) in [6.07, 6.45) is 0.0444. The molecule has 0 amide bonds. The van der Waals surface area contributed by atoms with Crippen molar-refractivity contribution < 1.29 is 9.84 Å². The molecule has 0 saturated carbocycles. The highest BCUT2D eigenvalue weighted by molar-refractivity contribution is 7.06. The van der Waals surface area contributed by atoms with Crippen molar-refractivity contribution in [3.63, 3.8) is 0 Å². The lowest BCUT2D eigenvalue weighted by Gasteiger charge is -2.16. The van der Waals surface area contributed by atoms with Gasteiger partial charge in [-0.1, -0.05) is 23.5 Å². The molecule has 3 N–H and O–H groups in total. The molecule has 2 atom stereocenters. The van der Waals surface area contributed by atoms with Crippen molar-refractivity contribution in [3.05, 3.63) is 29.1 Å². The van der Waals surface area contributed by atoms with Crippen molar-refractivity contribution in [1.29, 1.82) is 5.26 Å². The lowest BCUT2D eigenvalue weighted by atomic mass is 10.0. The molecule has 0 spiro atoms. The number of ether oxygens (including phenoxy) is 1. The van der Waals surface area contributed by atoms with Crippen LogP contribution in [-0.2, 0) is 0 Å². The largest absolute Gasteiger partial charge is 0.491 e. The molecule has 0 aliphatic carbocycles. The van der Waals surface area contributed by atoms with Gasteiger partial charge < -0.3 is 15.6 Å². The third-order valence-corrected chi connectivity index (χ3v) is 3.85. The number of nitrogens with zero attached hydrogens (tertiary/aromatic N) is 3. The number of rotatable bonds is 7. The van der Waals surface area contributed by atoms with Crippen LogP contribution in [0.25, 0.3) is 11.3 Å². The standard InChI is InChI=1S/C15H18N4O2S/c1-10(7-16)5-12(20)9-21-13-4-2-3-11(6-13)15-14(8-17)22-19-18-15/h2-4,6,10,12,20H,5,7,9,16H2,1H3. The Bertz CT molecular complexity index is 653. The van der Waals surface area contributed by atoms with Crippen LogP contribution in [0.3, 0.4) is 0 Å². The molecular weight excluding hydrogens is 300 g/mol. The number of hydrogen-bond donors (Lipinski definition) is 2. The molecule has 1 aromatic carbocycles. The fourth-order valence-corrected chi connectivity index (χ4v) is 2.50. The van der Waals surface area contributed by atoms with Gasteiger partial charge in [0.05, 0.1) is 6.10 Å². The van der Waals surface area contributed by atoms with Gasteiger partial charge in [-0.2, -0.15) is 5.26 Å². The summed E-state index contributed by atoms with van der Waals surface area (Å²) in [4.78, 5) is 0.467. The number of nitrogens with two attached hydrogens (primary N) is 1. The van der Waals surface area contributed by atoms with Gasteiger partial charge in [0.1, 0.15) is 24.1 Å². The molecule has 0 radical (unpaired) electrons. The van der Waals surface area contributed by atoms with Gasteiger partial charge in [0.2, 0.25) is 0 Å². The van der Waals surface area contributed by atoms with E-state index in [1.54, 1.807) is 12.1 Å². The number of nitriles is 1. The average Bonchev–Trinajstić information content (AvgIpc) is 3.01. The fraction of sp³-hybridized carbons (Fsp3) is 0.400. The molecule has 22 heavy (non-hydrogen) atoms. The number of aliphatic hydroxyl groups is 1. The van der Waals surface area contributed by atoms with Crippen molar-refractivity contribution in [2.24, 2.45) is 11.7 Å². The van der Waals surface area contributed by atoms with Crippen LogP contribution in [0.15, 0.2) is 24.3 Å². The second-order valence-corrected chi connectivity index (χ2v) is 5.89. The Morgan fingerprint density at radius 1 is 1.50 bits per heavy atom. The predicted octanol–water partition coefficient (Wildman–Crippen LogP) is 1.80. The van der Waals surface area contributed by atoms with Crippen LogP contribution in [0.4, 0.5) is 0 Å². The lowest BCUT2D eigenvalue weighted by molar-refractivity contribution is 0.0881. The van der Waals surface area contributed by atoms with E-state index in [1.165, 1.54) is 0 Å². The minimum atomic E-state index is -0.558. The van der Waals surface area contributed by atoms with Crippen molar-refractivity contribution in [2.45, 2.75) is 19.4 Å². The summed E-state index contributed by atoms with van der Waals surface area (Å²) in [5.74, 6) is 0.873. The monoisotopic (exact) mass is 318 g/mol. The third kappa shape index (κ3) is 4.24. The zero-order valence-electron chi connectivity index (χ0n) is 12.3. The molecule has 0 aliphatic rings. The molecule has 2 rings (SSSR count). The maximum atomic E-state index is 9.90. The maximum absolute atomic E-state index is 9.90. The van der Waals surface area contributed by atoms with E-state index in [1.807, 2.05) is 19.1 Å². The zero-order valence-corrected chi connectivity index (χ0v) is 13.1. The van der Waals surface area contributed by atoms with E-state index >= 15 is 0 Å². The van der Waals surface area contributed by atoms with Crippen molar-refractivity contribution in [2.75, 3.05) is 13.2 Å². The molecule has 1 aromatic heterocycles. The summed E-state index contributed by atoms with van der Waals surface area (Å²) < 4.78 is 9.40. The van der Waals surface area contributed by atoms with Crippen LogP contribution in [0.2, 0.25) is 0 Å². The zero-order chi connectivity index (χ0) is 15.9. The van der Waals surface area contributed by atoms with Crippen LogP contribution in [0, 0.1) is 17.2 Å². The number of aliphatic hydroxyl groups excluding tert-OH is 1. The van der Waals surface area contributed by atoms with Gasteiger partial charge in [0, 0.05) is 5.56 Å². The van der Waals surface area contributed by atoms with E-state index in [2.05, 4.69) is 15.7 Å². The first-order valence-electron chi connectivity index (χ1n) is 6.97. The Morgan fingerprint density at radius 2 is 2.32 bits per heavy atom. The molecule has 1 heterocycles. The maximum Gasteiger partial charge on any atom is 0.153 e. The quantitative estimate of drug-likeness (QED) is 0.806. The first-order valence-corrected chi connectivity index (χ1v) is 7.75. The highest BCUT2D eigenvalue weighted by atomic mass is 32.1. The predicted molar refractivity (Wildman–Crippen MR) is 84.4 cm³/mol. The van der Waals surface area contributed by atoms with E-state index in [0.717, 1.165) is 17.1 Å². The lowest BCUT2D eigenvalue weighted by Crippen LogP contribution is -2.23. The Morgan fingerprint density at radius 3 is 3.05 bits per heavy atom. The highest BCUT2D eigenvalue weighted by Crippen LogP contribution is 2.26. The van der Waals surface area contributed by atoms with E-state index in [-0.39, 0.29) is 12.5 Å². The van der Waals surface area contributed by atoms with Crippen molar-refractivity contribution in [1.82, 2.24) is 9.59 Å². The molecule has 2 aromatic rings. The molecule has 0 bridgehead atoms. The van der Waals surface area contributed by atoms with E-state index < -0.39 is 6.10 Å². The fourth-order valence-electron chi connectivity index (χ4n) is 2.01. The summed E-state index contributed by atoms with van der Waals surface area (Å²) in [7, 11) is 0. The van der Waals surface area contributed by atoms with Crippen LogP contribution in [0.1, 0.15) is 18.2 Å². The van der Waals surface area contributed by atoms with Gasteiger partial charge in [0.15, 0.2) is 4.88 Å². The molecule has 0 fully saturated rings. The molecule has 0 aliphatic heterocycles. The second kappa shape index (κ2) is 7.84. The minimum absolute atomic E-state index is 0.203. The first kappa shape index (κ1) is 16.4. The SMILES string of the molecule is CC(CN)CC(O)COc1cccc(-c2nnsc2C#N)c1. The van der Waals surface area contributed by atoms with Crippen LogP contribution in [0.5, 0.6) is 5.75 Å². The summed E-state index contributed by atoms with van der Waals surface area (Å²) in [5, 5.41) is 22.9. The van der Waals surface area contributed by atoms with Crippen LogP contribution >= 0.6 is 11.5 Å².